The number of benzene rings is 1. The highest BCUT2D eigenvalue weighted by atomic mass is 35.5. The lowest BCUT2D eigenvalue weighted by atomic mass is 9.64. The number of rotatable bonds is 2. The normalized spacial score (nSPS) is 22.7. The van der Waals surface area contributed by atoms with E-state index in [1.807, 2.05) is 26.0 Å². The second-order valence-electron chi connectivity index (χ2n) is 5.72. The summed E-state index contributed by atoms with van der Waals surface area (Å²) in [6.45, 7) is 4.42. The van der Waals surface area contributed by atoms with E-state index in [4.69, 9.17) is 26.8 Å². The first-order valence-corrected chi connectivity index (χ1v) is 6.76. The Morgan fingerprint density at radius 2 is 1.83 bits per heavy atom. The quantitative estimate of drug-likeness (QED) is 0.895. The molecule has 4 heteroatoms. The average Bonchev–Trinajstić information content (AvgIpc) is 2.51. The molecule has 1 heterocycles. The molecule has 0 radical (unpaired) electrons. The molecule has 2 aliphatic rings. The molecule has 0 aromatic heterocycles. The maximum absolute atomic E-state index is 6.39. The fourth-order valence-electron chi connectivity index (χ4n) is 2.84. The van der Waals surface area contributed by atoms with Crippen LogP contribution in [-0.4, -0.2) is 12.3 Å². The molecule has 98 valence electrons. The summed E-state index contributed by atoms with van der Waals surface area (Å²) in [6.07, 6.45) is 3.42. The van der Waals surface area contributed by atoms with Gasteiger partial charge in [-0.15, -0.1) is 0 Å². The maximum Gasteiger partial charge on any atom is 0.246 e. The molecule has 0 atom stereocenters. The highest BCUT2D eigenvalue weighted by Crippen LogP contribution is 2.50. The molecule has 0 bridgehead atoms. The standard InChI is InChI=1S/C14H18ClNO2/c1-13(2)17-11-6-9(10(15)7-12(11)18-13)14(8-16)4-3-5-14/h6-7H,3-5,8,16H2,1-2H3. The van der Waals surface area contributed by atoms with Crippen LogP contribution in [0.1, 0.15) is 38.7 Å². The van der Waals surface area contributed by atoms with Crippen LogP contribution in [0.25, 0.3) is 0 Å². The van der Waals surface area contributed by atoms with Crippen LogP contribution in [0.5, 0.6) is 11.5 Å². The van der Waals surface area contributed by atoms with Crippen LogP contribution in [-0.2, 0) is 5.41 Å². The topological polar surface area (TPSA) is 44.5 Å². The van der Waals surface area contributed by atoms with Gasteiger partial charge in [-0.05, 0) is 24.5 Å². The third-order valence-electron chi connectivity index (χ3n) is 4.02. The van der Waals surface area contributed by atoms with Crippen molar-refractivity contribution < 1.29 is 9.47 Å². The van der Waals surface area contributed by atoms with Crippen molar-refractivity contribution in [3.63, 3.8) is 0 Å². The van der Waals surface area contributed by atoms with Crippen LogP contribution in [0.4, 0.5) is 0 Å². The van der Waals surface area contributed by atoms with Crippen LogP contribution >= 0.6 is 11.6 Å². The molecule has 1 aromatic rings. The maximum atomic E-state index is 6.39. The van der Waals surface area contributed by atoms with Crippen LogP contribution in [0.3, 0.4) is 0 Å². The fraction of sp³-hybridized carbons (Fsp3) is 0.571. The second-order valence-corrected chi connectivity index (χ2v) is 6.13. The third kappa shape index (κ3) is 1.69. The summed E-state index contributed by atoms with van der Waals surface area (Å²) in [5.41, 5.74) is 7.09. The van der Waals surface area contributed by atoms with Crippen molar-refractivity contribution >= 4 is 11.6 Å². The van der Waals surface area contributed by atoms with E-state index in [0.717, 1.165) is 34.9 Å². The van der Waals surface area contributed by atoms with Gasteiger partial charge in [0.2, 0.25) is 5.79 Å². The second kappa shape index (κ2) is 3.78. The zero-order chi connectivity index (χ0) is 13.0. The molecule has 0 saturated heterocycles. The Labute approximate surface area is 112 Å². The van der Waals surface area contributed by atoms with Crippen molar-refractivity contribution in [2.75, 3.05) is 6.54 Å². The van der Waals surface area contributed by atoms with Gasteiger partial charge in [0.15, 0.2) is 11.5 Å². The SMILES string of the molecule is CC1(C)Oc2cc(Cl)c(C3(CN)CCC3)cc2O1. The Hall–Kier alpha value is -0.930. The Morgan fingerprint density at radius 1 is 1.22 bits per heavy atom. The molecule has 3 nitrogen and oxygen atoms in total. The van der Waals surface area contributed by atoms with Crippen molar-refractivity contribution in [2.45, 2.75) is 44.3 Å². The number of nitrogens with two attached hydrogens (primary N) is 1. The number of hydrogen-bond acceptors (Lipinski definition) is 3. The number of halogens is 1. The Morgan fingerprint density at radius 3 is 2.33 bits per heavy atom. The number of fused-ring (bicyclic) bond motifs is 1. The van der Waals surface area contributed by atoms with Gasteiger partial charge >= 0.3 is 0 Å². The molecule has 2 N–H and O–H groups in total. The van der Waals surface area contributed by atoms with Crippen molar-refractivity contribution in [1.29, 1.82) is 0 Å². The van der Waals surface area contributed by atoms with E-state index >= 15 is 0 Å². The lowest BCUT2D eigenvalue weighted by molar-refractivity contribution is -0.0431. The van der Waals surface area contributed by atoms with Gasteiger partial charge in [0.25, 0.3) is 0 Å². The molecule has 1 saturated carbocycles. The van der Waals surface area contributed by atoms with Gasteiger partial charge in [0, 0.05) is 36.9 Å². The first kappa shape index (κ1) is 12.1. The molecular weight excluding hydrogens is 250 g/mol. The summed E-state index contributed by atoms with van der Waals surface area (Å²) in [6, 6.07) is 3.87. The van der Waals surface area contributed by atoms with Gasteiger partial charge in [0.1, 0.15) is 0 Å². The van der Waals surface area contributed by atoms with E-state index in [-0.39, 0.29) is 5.41 Å². The fourth-order valence-corrected chi connectivity index (χ4v) is 3.19. The summed E-state index contributed by atoms with van der Waals surface area (Å²) >= 11 is 6.39. The Bertz CT molecular complexity index is 489. The summed E-state index contributed by atoms with van der Waals surface area (Å²) in [5, 5.41) is 0.736. The molecule has 0 unspecified atom stereocenters. The molecule has 1 fully saturated rings. The van der Waals surface area contributed by atoms with E-state index in [1.54, 1.807) is 0 Å². The number of hydrogen-bond donors (Lipinski definition) is 1. The molecule has 0 amide bonds. The van der Waals surface area contributed by atoms with Crippen molar-refractivity contribution in [3.05, 3.63) is 22.7 Å². The lowest BCUT2D eigenvalue weighted by Crippen LogP contribution is -2.41. The monoisotopic (exact) mass is 267 g/mol. The zero-order valence-electron chi connectivity index (χ0n) is 10.8. The summed E-state index contributed by atoms with van der Waals surface area (Å²) < 4.78 is 11.5. The summed E-state index contributed by atoms with van der Waals surface area (Å²) in [7, 11) is 0. The van der Waals surface area contributed by atoms with E-state index in [1.165, 1.54) is 6.42 Å². The van der Waals surface area contributed by atoms with Crippen LogP contribution in [0, 0.1) is 0 Å². The Kier molecular flexibility index (Phi) is 2.55. The van der Waals surface area contributed by atoms with Crippen molar-refractivity contribution in [1.82, 2.24) is 0 Å². The predicted molar refractivity (Wildman–Crippen MR) is 71.4 cm³/mol. The van der Waals surface area contributed by atoms with Gasteiger partial charge in [-0.25, -0.2) is 0 Å². The van der Waals surface area contributed by atoms with Crippen molar-refractivity contribution in [3.8, 4) is 11.5 Å². The summed E-state index contributed by atoms with van der Waals surface area (Å²) in [5.74, 6) is 0.888. The van der Waals surface area contributed by atoms with E-state index in [9.17, 15) is 0 Å². The van der Waals surface area contributed by atoms with Crippen LogP contribution in [0.15, 0.2) is 12.1 Å². The highest BCUT2D eigenvalue weighted by Gasteiger charge is 2.41. The molecular formula is C14H18ClNO2. The van der Waals surface area contributed by atoms with Gasteiger partial charge in [0.05, 0.1) is 0 Å². The smallest absolute Gasteiger partial charge is 0.246 e. The third-order valence-corrected chi connectivity index (χ3v) is 4.33. The number of ether oxygens (including phenoxy) is 2. The van der Waals surface area contributed by atoms with E-state index < -0.39 is 5.79 Å². The van der Waals surface area contributed by atoms with Crippen molar-refractivity contribution in [2.24, 2.45) is 5.73 Å². The zero-order valence-corrected chi connectivity index (χ0v) is 11.5. The van der Waals surface area contributed by atoms with Gasteiger partial charge < -0.3 is 15.2 Å². The minimum absolute atomic E-state index is 0.0439. The van der Waals surface area contributed by atoms with Gasteiger partial charge in [-0.3, -0.25) is 0 Å². The first-order chi connectivity index (χ1) is 8.46. The summed E-state index contributed by atoms with van der Waals surface area (Å²) in [4.78, 5) is 0. The molecule has 0 spiro atoms. The van der Waals surface area contributed by atoms with Crippen LogP contribution < -0.4 is 15.2 Å². The van der Waals surface area contributed by atoms with E-state index in [2.05, 4.69) is 0 Å². The largest absolute Gasteiger partial charge is 0.449 e. The minimum Gasteiger partial charge on any atom is -0.449 e. The van der Waals surface area contributed by atoms with E-state index in [0.29, 0.717) is 6.54 Å². The first-order valence-electron chi connectivity index (χ1n) is 6.38. The van der Waals surface area contributed by atoms with Crippen LogP contribution in [0.2, 0.25) is 5.02 Å². The van der Waals surface area contributed by atoms with Gasteiger partial charge in [-0.2, -0.15) is 0 Å². The average molecular weight is 268 g/mol. The Balaban J connectivity index is 2.04. The lowest BCUT2D eigenvalue weighted by Gasteiger charge is -2.42. The molecule has 1 aliphatic heterocycles. The highest BCUT2D eigenvalue weighted by molar-refractivity contribution is 6.31. The predicted octanol–water partition coefficient (Wildman–Crippen LogP) is 3.23. The molecule has 3 rings (SSSR count). The van der Waals surface area contributed by atoms with Gasteiger partial charge in [-0.1, -0.05) is 18.0 Å². The minimum atomic E-state index is -0.611. The molecule has 1 aliphatic carbocycles. The molecule has 1 aromatic carbocycles. The molecule has 18 heavy (non-hydrogen) atoms.